The van der Waals surface area contributed by atoms with Gasteiger partial charge in [-0.05, 0) is 25.0 Å². The van der Waals surface area contributed by atoms with Crippen LogP contribution in [0.1, 0.15) is 33.5 Å². The predicted molar refractivity (Wildman–Crippen MR) is 110 cm³/mol. The highest BCUT2D eigenvalue weighted by Crippen LogP contribution is 2.47. The van der Waals surface area contributed by atoms with Crippen LogP contribution in [-0.4, -0.2) is 45.4 Å². The fourth-order valence-electron chi connectivity index (χ4n) is 4.78. The smallest absolute Gasteiger partial charge is 0.272 e. The average Bonchev–Trinajstić information content (AvgIpc) is 3.45. The van der Waals surface area contributed by atoms with Gasteiger partial charge in [-0.25, -0.2) is 9.97 Å². The van der Waals surface area contributed by atoms with Crippen LogP contribution in [0.25, 0.3) is 0 Å². The van der Waals surface area contributed by atoms with E-state index in [0.717, 1.165) is 30.6 Å². The van der Waals surface area contributed by atoms with Gasteiger partial charge in [-0.2, -0.15) is 0 Å². The lowest BCUT2D eigenvalue weighted by Crippen LogP contribution is -2.36. The van der Waals surface area contributed by atoms with Crippen molar-refractivity contribution in [3.05, 3.63) is 64.7 Å². The molecule has 28 heavy (non-hydrogen) atoms. The lowest BCUT2D eigenvalue weighted by Gasteiger charge is -2.30. The molecule has 1 amide bonds. The Kier molecular flexibility index (Phi) is 4.19. The number of aromatic nitrogens is 3. The molecule has 2 saturated heterocycles. The summed E-state index contributed by atoms with van der Waals surface area (Å²) in [4.78, 5) is 29.6. The molecule has 0 aliphatic carbocycles. The fraction of sp³-hybridized carbons (Fsp3) is 0.381. The monoisotopic (exact) mass is 393 g/mol. The van der Waals surface area contributed by atoms with Crippen molar-refractivity contribution in [2.45, 2.75) is 19.9 Å². The number of likely N-dealkylation sites (tertiary alicyclic amines) is 1. The second-order valence-electron chi connectivity index (χ2n) is 7.78. The number of carbonyl (C=O) groups is 1. The number of hydrogen-bond acceptors (Lipinski definition) is 5. The lowest BCUT2D eigenvalue weighted by atomic mass is 9.87. The highest BCUT2D eigenvalue weighted by Gasteiger charge is 2.50. The Morgan fingerprint density at radius 1 is 1.18 bits per heavy atom. The summed E-state index contributed by atoms with van der Waals surface area (Å²) in [5, 5.41) is 3.11. The molecule has 4 heterocycles. The molecule has 6 nitrogen and oxygen atoms in total. The van der Waals surface area contributed by atoms with Gasteiger partial charge in [0.1, 0.15) is 11.5 Å². The minimum atomic E-state index is 0.0454. The number of H-pyrrole nitrogens is 1. The average molecular weight is 394 g/mol. The van der Waals surface area contributed by atoms with E-state index < -0.39 is 0 Å². The van der Waals surface area contributed by atoms with Gasteiger partial charge < -0.3 is 14.8 Å². The molecule has 7 heteroatoms. The van der Waals surface area contributed by atoms with Gasteiger partial charge in [0, 0.05) is 43.0 Å². The summed E-state index contributed by atoms with van der Waals surface area (Å²) in [6.45, 7) is 6.66. The van der Waals surface area contributed by atoms with Crippen molar-refractivity contribution in [3.8, 4) is 0 Å². The van der Waals surface area contributed by atoms with Crippen molar-refractivity contribution in [2.75, 3.05) is 24.5 Å². The zero-order chi connectivity index (χ0) is 19.3. The number of amides is 1. The van der Waals surface area contributed by atoms with Crippen LogP contribution in [0, 0.1) is 25.7 Å². The van der Waals surface area contributed by atoms with E-state index in [1.807, 2.05) is 18.5 Å². The Bertz CT molecular complexity index is 998. The van der Waals surface area contributed by atoms with E-state index in [1.165, 1.54) is 11.1 Å². The summed E-state index contributed by atoms with van der Waals surface area (Å²) in [5.74, 6) is 1.66. The maximum absolute atomic E-state index is 13.3. The van der Waals surface area contributed by atoms with Crippen LogP contribution in [0.5, 0.6) is 0 Å². The normalized spacial score (nSPS) is 24.0. The summed E-state index contributed by atoms with van der Waals surface area (Å²) < 4.78 is 0. The summed E-state index contributed by atoms with van der Waals surface area (Å²) in [6.07, 6.45) is 3.52. The van der Waals surface area contributed by atoms with Crippen LogP contribution < -0.4 is 4.90 Å². The molecule has 2 aromatic heterocycles. The Hall–Kier alpha value is -2.67. The molecule has 2 fully saturated rings. The van der Waals surface area contributed by atoms with Gasteiger partial charge in [0.2, 0.25) is 0 Å². The van der Waals surface area contributed by atoms with E-state index in [4.69, 9.17) is 0 Å². The van der Waals surface area contributed by atoms with E-state index in [2.05, 4.69) is 55.9 Å². The zero-order valence-corrected chi connectivity index (χ0v) is 16.8. The molecule has 3 aromatic rings. The molecule has 0 spiro atoms. The highest BCUT2D eigenvalue weighted by molar-refractivity contribution is 7.13. The van der Waals surface area contributed by atoms with Crippen LogP contribution in [-0.2, 0) is 0 Å². The number of hydrogen-bond donors (Lipinski definition) is 1. The van der Waals surface area contributed by atoms with Crippen LogP contribution in [0.4, 0.5) is 5.13 Å². The molecule has 0 radical (unpaired) electrons. The summed E-state index contributed by atoms with van der Waals surface area (Å²) in [6, 6.07) is 8.53. The van der Waals surface area contributed by atoms with Crippen LogP contribution in [0.2, 0.25) is 0 Å². The molecule has 5 rings (SSSR count). The molecular weight excluding hydrogens is 370 g/mol. The number of benzene rings is 1. The van der Waals surface area contributed by atoms with Crippen molar-refractivity contribution >= 4 is 22.4 Å². The molecule has 1 N–H and O–H groups in total. The van der Waals surface area contributed by atoms with E-state index in [-0.39, 0.29) is 11.9 Å². The molecule has 2 aliphatic rings. The first-order chi connectivity index (χ1) is 13.6. The van der Waals surface area contributed by atoms with Crippen molar-refractivity contribution < 1.29 is 4.79 Å². The first kappa shape index (κ1) is 17.4. The third-order valence-corrected chi connectivity index (χ3v) is 6.89. The minimum absolute atomic E-state index is 0.0454. The van der Waals surface area contributed by atoms with Gasteiger partial charge in [0.05, 0.1) is 12.2 Å². The number of nitrogens with zero attached hydrogens (tertiary/aromatic N) is 4. The van der Waals surface area contributed by atoms with Gasteiger partial charge >= 0.3 is 0 Å². The number of aromatic amines is 1. The predicted octanol–water partition coefficient (Wildman–Crippen LogP) is 3.43. The van der Waals surface area contributed by atoms with Gasteiger partial charge in [-0.1, -0.05) is 24.3 Å². The quantitative estimate of drug-likeness (QED) is 0.740. The lowest BCUT2D eigenvalue weighted by molar-refractivity contribution is 0.0709. The third kappa shape index (κ3) is 2.81. The maximum Gasteiger partial charge on any atom is 0.272 e. The van der Waals surface area contributed by atoms with Gasteiger partial charge in [-0.3, -0.25) is 4.79 Å². The topological polar surface area (TPSA) is 65.1 Å². The molecule has 1 aromatic carbocycles. The first-order valence-corrected chi connectivity index (χ1v) is 10.5. The van der Waals surface area contributed by atoms with E-state index in [0.29, 0.717) is 17.5 Å². The van der Waals surface area contributed by atoms with Gasteiger partial charge in [-0.15, -0.1) is 11.3 Å². The summed E-state index contributed by atoms with van der Waals surface area (Å²) in [7, 11) is 0. The summed E-state index contributed by atoms with van der Waals surface area (Å²) >= 11 is 1.69. The van der Waals surface area contributed by atoms with Gasteiger partial charge in [0.15, 0.2) is 5.13 Å². The molecule has 2 aliphatic heterocycles. The maximum atomic E-state index is 13.3. The number of thiazole rings is 1. The zero-order valence-electron chi connectivity index (χ0n) is 16.0. The number of fused-ring (bicyclic) bond motifs is 1. The SMILES string of the molecule is Cc1ncc(C(=O)N2C[C@@H]3CN(c4nccs4)C[C@@H]3[C@H]2c2ccccc2C)[nH]1. The molecule has 0 bridgehead atoms. The molecule has 144 valence electrons. The third-order valence-electron chi connectivity index (χ3n) is 6.06. The van der Waals surface area contributed by atoms with Crippen molar-refractivity contribution in [1.29, 1.82) is 0 Å². The highest BCUT2D eigenvalue weighted by atomic mass is 32.1. The standard InChI is InChI=1S/C21H23N5OS/c1-13-5-3-4-6-16(13)19-17-12-25(21-22-7-8-28-21)10-15(17)11-26(19)20(27)18-9-23-14(2)24-18/h3-9,15,17,19H,10-12H2,1-2H3,(H,23,24)/t15-,17-,19+/m0/s1. The second-order valence-corrected chi connectivity index (χ2v) is 8.66. The molecule has 0 unspecified atom stereocenters. The van der Waals surface area contributed by atoms with Crippen LogP contribution in [0.15, 0.2) is 42.0 Å². The second kappa shape index (κ2) is 6.74. The van der Waals surface area contributed by atoms with E-state index in [1.54, 1.807) is 17.5 Å². The van der Waals surface area contributed by atoms with E-state index in [9.17, 15) is 4.79 Å². The minimum Gasteiger partial charge on any atom is -0.347 e. The van der Waals surface area contributed by atoms with Gasteiger partial charge in [0.25, 0.3) is 5.91 Å². The molecule has 0 saturated carbocycles. The number of carbonyl (C=O) groups excluding carboxylic acids is 1. The van der Waals surface area contributed by atoms with Crippen LogP contribution >= 0.6 is 11.3 Å². The Labute approximate surface area is 168 Å². The number of aryl methyl sites for hydroxylation is 2. The van der Waals surface area contributed by atoms with E-state index >= 15 is 0 Å². The molecule has 3 atom stereocenters. The largest absolute Gasteiger partial charge is 0.347 e. The Morgan fingerprint density at radius 3 is 2.75 bits per heavy atom. The molecular formula is C21H23N5OS. The van der Waals surface area contributed by atoms with Crippen LogP contribution in [0.3, 0.4) is 0 Å². The fourth-order valence-corrected chi connectivity index (χ4v) is 5.45. The Balaban J connectivity index is 1.50. The number of imidazole rings is 1. The number of anilines is 1. The summed E-state index contributed by atoms with van der Waals surface area (Å²) in [5.41, 5.74) is 3.06. The number of nitrogens with one attached hydrogen (secondary N) is 1. The Morgan fingerprint density at radius 2 is 2.04 bits per heavy atom. The van der Waals surface area contributed by atoms with Crippen molar-refractivity contribution in [1.82, 2.24) is 19.9 Å². The number of rotatable bonds is 3. The van der Waals surface area contributed by atoms with Crippen molar-refractivity contribution in [2.24, 2.45) is 11.8 Å². The van der Waals surface area contributed by atoms with Crippen molar-refractivity contribution in [3.63, 3.8) is 0 Å². The first-order valence-electron chi connectivity index (χ1n) is 9.64.